The number of nitriles is 1. The normalized spacial score (nSPS) is 11.5. The lowest BCUT2D eigenvalue weighted by molar-refractivity contribution is 0.585. The van der Waals surface area contributed by atoms with E-state index in [1.807, 2.05) is 6.92 Å². The molecular formula is C17H12F2N4S. The Hall–Kier alpha value is -2.85. The van der Waals surface area contributed by atoms with Crippen molar-refractivity contribution in [1.29, 1.82) is 5.26 Å². The van der Waals surface area contributed by atoms with Gasteiger partial charge in [-0.05, 0) is 25.1 Å². The molecule has 0 aliphatic carbocycles. The summed E-state index contributed by atoms with van der Waals surface area (Å²) in [6.07, 6.45) is 3.51. The van der Waals surface area contributed by atoms with Crippen LogP contribution in [0.3, 0.4) is 0 Å². The Balaban J connectivity index is 1.99. The molecule has 0 bridgehead atoms. The number of thiazole rings is 1. The van der Waals surface area contributed by atoms with Crippen LogP contribution >= 0.6 is 11.3 Å². The first-order valence-corrected chi connectivity index (χ1v) is 7.89. The fourth-order valence-corrected chi connectivity index (χ4v) is 3.06. The summed E-state index contributed by atoms with van der Waals surface area (Å²) in [6, 6.07) is 5.44. The Morgan fingerprint density at radius 1 is 1.38 bits per heavy atom. The van der Waals surface area contributed by atoms with Crippen molar-refractivity contribution in [2.24, 2.45) is 7.05 Å². The van der Waals surface area contributed by atoms with Gasteiger partial charge < -0.3 is 0 Å². The minimum absolute atomic E-state index is 0.203. The van der Waals surface area contributed by atoms with Gasteiger partial charge >= 0.3 is 0 Å². The second kappa shape index (κ2) is 6.34. The summed E-state index contributed by atoms with van der Waals surface area (Å²) in [6.45, 7) is 1.85. The summed E-state index contributed by atoms with van der Waals surface area (Å²) in [5.41, 5.74) is 2.56. The fraction of sp³-hybridized carbons (Fsp3) is 0.118. The molecule has 0 saturated carbocycles. The van der Waals surface area contributed by atoms with Gasteiger partial charge in [0, 0.05) is 35.8 Å². The number of hydrogen-bond acceptors (Lipinski definition) is 4. The summed E-state index contributed by atoms with van der Waals surface area (Å²) in [7, 11) is 1.80. The highest BCUT2D eigenvalue weighted by atomic mass is 32.1. The average Bonchev–Trinajstić information content (AvgIpc) is 3.11. The molecule has 0 spiro atoms. The SMILES string of the molecule is Cc1nn(C)cc1/C=C(\C#N)c1nc(-c2ccc(F)cc2F)cs1. The maximum Gasteiger partial charge on any atom is 0.135 e. The molecule has 0 amide bonds. The summed E-state index contributed by atoms with van der Waals surface area (Å²) in [5, 5.41) is 15.7. The minimum atomic E-state index is -0.683. The lowest BCUT2D eigenvalue weighted by Crippen LogP contribution is -1.87. The largest absolute Gasteiger partial charge is 0.275 e. The van der Waals surface area contributed by atoms with E-state index in [2.05, 4.69) is 16.2 Å². The topological polar surface area (TPSA) is 54.5 Å². The van der Waals surface area contributed by atoms with Gasteiger partial charge in [-0.1, -0.05) is 0 Å². The van der Waals surface area contributed by atoms with Gasteiger partial charge in [0.05, 0.1) is 17.0 Å². The Bertz CT molecular complexity index is 979. The Morgan fingerprint density at radius 3 is 2.79 bits per heavy atom. The quantitative estimate of drug-likeness (QED) is 0.671. The van der Waals surface area contributed by atoms with E-state index in [4.69, 9.17) is 0 Å². The van der Waals surface area contributed by atoms with Crippen LogP contribution in [-0.2, 0) is 7.05 Å². The van der Waals surface area contributed by atoms with Crippen LogP contribution in [0.15, 0.2) is 29.8 Å². The third-order valence-electron chi connectivity index (χ3n) is 3.41. The van der Waals surface area contributed by atoms with Gasteiger partial charge in [-0.15, -0.1) is 11.3 Å². The molecule has 3 aromatic rings. The molecule has 0 atom stereocenters. The van der Waals surface area contributed by atoms with Crippen molar-refractivity contribution in [2.45, 2.75) is 6.92 Å². The van der Waals surface area contributed by atoms with Crippen LogP contribution in [0.25, 0.3) is 22.9 Å². The second-order valence-corrected chi connectivity index (χ2v) is 6.03. The van der Waals surface area contributed by atoms with E-state index in [0.717, 1.165) is 17.3 Å². The van der Waals surface area contributed by atoms with Crippen LogP contribution in [0.2, 0.25) is 0 Å². The third kappa shape index (κ3) is 3.09. The predicted molar refractivity (Wildman–Crippen MR) is 88.9 cm³/mol. The zero-order valence-electron chi connectivity index (χ0n) is 12.9. The van der Waals surface area contributed by atoms with Gasteiger partial charge in [0.25, 0.3) is 0 Å². The molecule has 4 nitrogen and oxygen atoms in total. The molecule has 0 fully saturated rings. The summed E-state index contributed by atoms with van der Waals surface area (Å²) in [4.78, 5) is 4.31. The molecule has 2 aromatic heterocycles. The molecule has 24 heavy (non-hydrogen) atoms. The molecule has 3 rings (SSSR count). The van der Waals surface area contributed by atoms with E-state index < -0.39 is 11.6 Å². The van der Waals surface area contributed by atoms with Crippen molar-refractivity contribution in [3.05, 3.63) is 57.7 Å². The Kier molecular flexibility index (Phi) is 4.23. The summed E-state index contributed by atoms with van der Waals surface area (Å²) < 4.78 is 28.5. The zero-order chi connectivity index (χ0) is 17.3. The molecule has 0 aliphatic rings. The predicted octanol–water partition coefficient (Wildman–Crippen LogP) is 4.19. The van der Waals surface area contributed by atoms with Crippen LogP contribution in [0.5, 0.6) is 0 Å². The number of halogens is 2. The van der Waals surface area contributed by atoms with Gasteiger partial charge in [0.2, 0.25) is 0 Å². The number of benzene rings is 1. The first-order valence-electron chi connectivity index (χ1n) is 7.01. The van der Waals surface area contributed by atoms with E-state index in [-0.39, 0.29) is 5.56 Å². The van der Waals surface area contributed by atoms with Crippen molar-refractivity contribution >= 4 is 23.0 Å². The average molecular weight is 342 g/mol. The molecule has 0 saturated heterocycles. The number of rotatable bonds is 3. The lowest BCUT2D eigenvalue weighted by atomic mass is 10.1. The highest BCUT2D eigenvalue weighted by molar-refractivity contribution is 7.11. The third-order valence-corrected chi connectivity index (χ3v) is 4.29. The summed E-state index contributed by atoms with van der Waals surface area (Å²) in [5.74, 6) is -1.33. The van der Waals surface area contributed by atoms with Gasteiger partial charge in [-0.3, -0.25) is 4.68 Å². The van der Waals surface area contributed by atoms with Crippen LogP contribution in [-0.4, -0.2) is 14.8 Å². The number of aryl methyl sites for hydroxylation is 2. The van der Waals surface area contributed by atoms with Crippen LogP contribution in [0, 0.1) is 29.9 Å². The van der Waals surface area contributed by atoms with E-state index >= 15 is 0 Å². The highest BCUT2D eigenvalue weighted by Crippen LogP contribution is 2.29. The monoisotopic (exact) mass is 342 g/mol. The number of allylic oxidation sites excluding steroid dienone is 1. The van der Waals surface area contributed by atoms with Crippen molar-refractivity contribution in [3.63, 3.8) is 0 Å². The number of nitrogens with zero attached hydrogens (tertiary/aromatic N) is 4. The van der Waals surface area contributed by atoms with Gasteiger partial charge in [0.15, 0.2) is 0 Å². The number of hydrogen-bond donors (Lipinski definition) is 0. The van der Waals surface area contributed by atoms with E-state index in [1.165, 1.54) is 23.5 Å². The molecule has 1 aromatic carbocycles. The van der Waals surface area contributed by atoms with E-state index in [9.17, 15) is 14.0 Å². The van der Waals surface area contributed by atoms with Crippen molar-refractivity contribution < 1.29 is 8.78 Å². The maximum absolute atomic E-state index is 13.9. The van der Waals surface area contributed by atoms with Gasteiger partial charge in [-0.25, -0.2) is 13.8 Å². The Labute approximate surface area is 141 Å². The first kappa shape index (κ1) is 16.0. The van der Waals surface area contributed by atoms with E-state index in [0.29, 0.717) is 16.3 Å². The van der Waals surface area contributed by atoms with E-state index in [1.54, 1.807) is 29.4 Å². The first-order chi connectivity index (χ1) is 11.5. The molecule has 2 heterocycles. The zero-order valence-corrected chi connectivity index (χ0v) is 13.7. The lowest BCUT2D eigenvalue weighted by Gasteiger charge is -1.99. The standard InChI is InChI=1S/C17H12F2N4S/c1-10-12(8-23(2)22-10)5-11(7-20)17-21-16(9-24-17)14-4-3-13(18)6-15(14)19/h3-6,8-9H,1-2H3/b11-5+. The molecule has 7 heteroatoms. The van der Waals surface area contributed by atoms with Gasteiger partial charge in [-0.2, -0.15) is 10.4 Å². The molecule has 0 unspecified atom stereocenters. The summed E-state index contributed by atoms with van der Waals surface area (Å²) >= 11 is 1.23. The molecule has 0 aliphatic heterocycles. The number of aromatic nitrogens is 3. The van der Waals surface area contributed by atoms with Crippen LogP contribution in [0.1, 0.15) is 16.3 Å². The fourth-order valence-electron chi connectivity index (χ4n) is 2.28. The molecule has 120 valence electrons. The maximum atomic E-state index is 13.9. The van der Waals surface area contributed by atoms with Crippen molar-refractivity contribution in [1.82, 2.24) is 14.8 Å². The minimum Gasteiger partial charge on any atom is -0.275 e. The highest BCUT2D eigenvalue weighted by Gasteiger charge is 2.13. The molecular weight excluding hydrogens is 330 g/mol. The molecule has 0 radical (unpaired) electrons. The smallest absolute Gasteiger partial charge is 0.135 e. The second-order valence-electron chi connectivity index (χ2n) is 5.18. The van der Waals surface area contributed by atoms with Gasteiger partial charge in [0.1, 0.15) is 22.7 Å². The van der Waals surface area contributed by atoms with Crippen LogP contribution in [0.4, 0.5) is 8.78 Å². The van der Waals surface area contributed by atoms with Crippen molar-refractivity contribution in [3.8, 4) is 17.3 Å². The van der Waals surface area contributed by atoms with Crippen LogP contribution < -0.4 is 0 Å². The van der Waals surface area contributed by atoms with Crippen molar-refractivity contribution in [2.75, 3.05) is 0 Å². The molecule has 0 N–H and O–H groups in total. The Morgan fingerprint density at radius 2 is 2.17 bits per heavy atom.